The Hall–Kier alpha value is -1.10. The third kappa shape index (κ3) is 4.34. The van der Waals surface area contributed by atoms with E-state index in [4.69, 9.17) is 10.5 Å². The van der Waals surface area contributed by atoms with Crippen LogP contribution in [0.15, 0.2) is 0 Å². The van der Waals surface area contributed by atoms with Crippen molar-refractivity contribution in [3.63, 3.8) is 0 Å². The van der Waals surface area contributed by atoms with E-state index in [1.165, 1.54) is 0 Å². The number of carbonyl (C=O) groups excluding carboxylic acids is 2. The second-order valence-corrected chi connectivity index (χ2v) is 5.46. The standard InChI is InChI=1S/C12H22N2O3/c1-12(2,3)17-11(16)14-9-6-4-5-8(9)10(15)7-13/h8-9H,4-7,13H2,1-3H3,(H,14,16). The first kappa shape index (κ1) is 14.0. The number of hydrogen-bond acceptors (Lipinski definition) is 4. The van der Waals surface area contributed by atoms with Gasteiger partial charge in [0.25, 0.3) is 0 Å². The van der Waals surface area contributed by atoms with Crippen LogP contribution in [0.3, 0.4) is 0 Å². The smallest absolute Gasteiger partial charge is 0.407 e. The molecule has 1 rings (SSSR count). The molecule has 1 fully saturated rings. The Kier molecular flexibility index (Phi) is 4.51. The van der Waals surface area contributed by atoms with E-state index in [2.05, 4.69) is 5.32 Å². The molecule has 0 saturated heterocycles. The molecule has 2 unspecified atom stereocenters. The normalized spacial score (nSPS) is 24.5. The first-order valence-electron chi connectivity index (χ1n) is 6.06. The lowest BCUT2D eigenvalue weighted by Crippen LogP contribution is -2.43. The maximum Gasteiger partial charge on any atom is 0.407 e. The molecule has 5 nitrogen and oxygen atoms in total. The second-order valence-electron chi connectivity index (χ2n) is 5.46. The molecule has 0 spiro atoms. The molecule has 5 heteroatoms. The number of ether oxygens (including phenoxy) is 1. The predicted molar refractivity (Wildman–Crippen MR) is 64.6 cm³/mol. The van der Waals surface area contributed by atoms with E-state index in [1.54, 1.807) is 0 Å². The van der Waals surface area contributed by atoms with Gasteiger partial charge in [-0.15, -0.1) is 0 Å². The van der Waals surface area contributed by atoms with E-state index in [-0.39, 0.29) is 24.3 Å². The Morgan fingerprint density at radius 3 is 2.53 bits per heavy atom. The zero-order chi connectivity index (χ0) is 13.1. The SMILES string of the molecule is CC(C)(C)OC(=O)NC1CCCC1C(=O)CN. The molecule has 0 bridgehead atoms. The molecule has 1 saturated carbocycles. The Morgan fingerprint density at radius 1 is 1.35 bits per heavy atom. The molecule has 1 amide bonds. The van der Waals surface area contributed by atoms with Gasteiger partial charge in [0.2, 0.25) is 0 Å². The van der Waals surface area contributed by atoms with Crippen LogP contribution >= 0.6 is 0 Å². The van der Waals surface area contributed by atoms with Crippen molar-refractivity contribution in [2.75, 3.05) is 6.54 Å². The maximum atomic E-state index is 11.6. The molecule has 0 radical (unpaired) electrons. The van der Waals surface area contributed by atoms with Crippen LogP contribution in [0.4, 0.5) is 4.79 Å². The van der Waals surface area contributed by atoms with Gasteiger partial charge in [0.15, 0.2) is 5.78 Å². The molecule has 0 aromatic heterocycles. The number of amides is 1. The van der Waals surface area contributed by atoms with Crippen LogP contribution in [0.2, 0.25) is 0 Å². The fourth-order valence-electron chi connectivity index (χ4n) is 2.13. The summed E-state index contributed by atoms with van der Waals surface area (Å²) >= 11 is 0. The van der Waals surface area contributed by atoms with E-state index in [1.807, 2.05) is 20.8 Å². The number of nitrogens with two attached hydrogens (primary N) is 1. The van der Waals surface area contributed by atoms with Crippen molar-refractivity contribution in [3.8, 4) is 0 Å². The molecular formula is C12H22N2O3. The monoisotopic (exact) mass is 242 g/mol. The number of carbonyl (C=O) groups is 2. The number of ketones is 1. The Bertz CT molecular complexity index is 297. The third-order valence-electron chi connectivity index (χ3n) is 2.83. The minimum Gasteiger partial charge on any atom is -0.444 e. The molecule has 0 aliphatic heterocycles. The molecule has 0 aromatic carbocycles. The van der Waals surface area contributed by atoms with E-state index in [0.29, 0.717) is 0 Å². The minimum absolute atomic E-state index is 0.0172. The van der Waals surface area contributed by atoms with Gasteiger partial charge in [0.05, 0.1) is 6.54 Å². The summed E-state index contributed by atoms with van der Waals surface area (Å²) in [4.78, 5) is 23.2. The highest BCUT2D eigenvalue weighted by atomic mass is 16.6. The predicted octanol–water partition coefficient (Wildman–Crippen LogP) is 1.21. The molecule has 17 heavy (non-hydrogen) atoms. The van der Waals surface area contributed by atoms with Crippen molar-refractivity contribution < 1.29 is 14.3 Å². The van der Waals surface area contributed by atoms with Gasteiger partial charge < -0.3 is 15.8 Å². The molecule has 3 N–H and O–H groups in total. The van der Waals surface area contributed by atoms with Crippen LogP contribution in [-0.2, 0) is 9.53 Å². The summed E-state index contributed by atoms with van der Waals surface area (Å²) in [5.74, 6) is -0.129. The highest BCUT2D eigenvalue weighted by Gasteiger charge is 2.33. The maximum absolute atomic E-state index is 11.6. The van der Waals surface area contributed by atoms with Crippen LogP contribution in [0.1, 0.15) is 40.0 Å². The summed E-state index contributed by atoms with van der Waals surface area (Å²) in [6, 6.07) is -0.124. The molecule has 1 aliphatic rings. The topological polar surface area (TPSA) is 81.4 Å². The fraction of sp³-hybridized carbons (Fsp3) is 0.833. The molecule has 0 heterocycles. The first-order chi connectivity index (χ1) is 7.83. The number of nitrogens with one attached hydrogen (secondary N) is 1. The Morgan fingerprint density at radius 2 is 2.00 bits per heavy atom. The van der Waals surface area contributed by atoms with Crippen molar-refractivity contribution in [2.45, 2.75) is 51.7 Å². The van der Waals surface area contributed by atoms with E-state index in [9.17, 15) is 9.59 Å². The molecular weight excluding hydrogens is 220 g/mol. The Balaban J connectivity index is 2.50. The van der Waals surface area contributed by atoms with Crippen LogP contribution in [0.25, 0.3) is 0 Å². The zero-order valence-corrected chi connectivity index (χ0v) is 10.8. The zero-order valence-electron chi connectivity index (χ0n) is 10.8. The summed E-state index contributed by atoms with van der Waals surface area (Å²) in [7, 11) is 0. The van der Waals surface area contributed by atoms with Crippen molar-refractivity contribution in [3.05, 3.63) is 0 Å². The third-order valence-corrected chi connectivity index (χ3v) is 2.83. The Labute approximate surface area is 102 Å². The van der Waals surface area contributed by atoms with Crippen LogP contribution in [-0.4, -0.2) is 30.1 Å². The van der Waals surface area contributed by atoms with E-state index < -0.39 is 11.7 Å². The summed E-state index contributed by atoms with van der Waals surface area (Å²) in [6.45, 7) is 5.47. The summed E-state index contributed by atoms with van der Waals surface area (Å²) < 4.78 is 5.17. The van der Waals surface area contributed by atoms with Crippen molar-refractivity contribution >= 4 is 11.9 Å². The van der Waals surface area contributed by atoms with Crippen LogP contribution in [0, 0.1) is 5.92 Å². The van der Waals surface area contributed by atoms with Crippen molar-refractivity contribution in [1.82, 2.24) is 5.32 Å². The van der Waals surface area contributed by atoms with Gasteiger partial charge in [-0.3, -0.25) is 4.79 Å². The summed E-state index contributed by atoms with van der Waals surface area (Å²) in [6.07, 6.45) is 2.10. The summed E-state index contributed by atoms with van der Waals surface area (Å²) in [5.41, 5.74) is 4.84. The van der Waals surface area contributed by atoms with E-state index in [0.717, 1.165) is 19.3 Å². The lowest BCUT2D eigenvalue weighted by molar-refractivity contribution is -0.121. The average Bonchev–Trinajstić information content (AvgIpc) is 2.61. The number of rotatable bonds is 3. The van der Waals surface area contributed by atoms with E-state index >= 15 is 0 Å². The molecule has 98 valence electrons. The lowest BCUT2D eigenvalue weighted by Gasteiger charge is -2.24. The average molecular weight is 242 g/mol. The molecule has 2 atom stereocenters. The minimum atomic E-state index is -0.518. The lowest BCUT2D eigenvalue weighted by atomic mass is 9.98. The van der Waals surface area contributed by atoms with Gasteiger partial charge in [-0.05, 0) is 33.6 Å². The molecule has 1 aliphatic carbocycles. The highest BCUT2D eigenvalue weighted by Crippen LogP contribution is 2.26. The van der Waals surface area contributed by atoms with Gasteiger partial charge in [-0.25, -0.2) is 4.79 Å². The number of alkyl carbamates (subject to hydrolysis) is 1. The van der Waals surface area contributed by atoms with Gasteiger partial charge in [0.1, 0.15) is 5.60 Å². The highest BCUT2D eigenvalue weighted by molar-refractivity contribution is 5.84. The van der Waals surface area contributed by atoms with Crippen LogP contribution < -0.4 is 11.1 Å². The molecule has 0 aromatic rings. The van der Waals surface area contributed by atoms with Gasteiger partial charge >= 0.3 is 6.09 Å². The quantitative estimate of drug-likeness (QED) is 0.779. The second kappa shape index (κ2) is 5.49. The van der Waals surface area contributed by atoms with Crippen LogP contribution in [0.5, 0.6) is 0 Å². The van der Waals surface area contributed by atoms with Gasteiger partial charge in [0, 0.05) is 12.0 Å². The van der Waals surface area contributed by atoms with Crippen molar-refractivity contribution in [1.29, 1.82) is 0 Å². The first-order valence-corrected chi connectivity index (χ1v) is 6.06. The van der Waals surface area contributed by atoms with Crippen molar-refractivity contribution in [2.24, 2.45) is 11.7 Å². The fourth-order valence-corrected chi connectivity index (χ4v) is 2.13. The van der Waals surface area contributed by atoms with Gasteiger partial charge in [-0.2, -0.15) is 0 Å². The number of hydrogen-bond donors (Lipinski definition) is 2. The number of Topliss-reactive ketones (excluding diaryl/α,β-unsaturated/α-hetero) is 1. The largest absolute Gasteiger partial charge is 0.444 e. The summed E-state index contributed by atoms with van der Waals surface area (Å²) in [5, 5.41) is 2.76. The van der Waals surface area contributed by atoms with Gasteiger partial charge in [-0.1, -0.05) is 6.42 Å².